The van der Waals surface area contributed by atoms with E-state index in [1.54, 1.807) is 24.1 Å². The number of rotatable bonds is 8. The molecule has 4 rings (SSSR count). The SMILES string of the molecule is O=C(CCCCCCNC(=O)N1CCc2c(c3ccccc3n2-c2cnccn2)C1)NO. The van der Waals surface area contributed by atoms with Crippen molar-refractivity contribution < 1.29 is 14.8 Å². The van der Waals surface area contributed by atoms with Crippen molar-refractivity contribution in [3.63, 3.8) is 0 Å². The number of carbonyl (C=O) groups is 2. The number of benzene rings is 1. The smallest absolute Gasteiger partial charge is 0.317 e. The van der Waals surface area contributed by atoms with E-state index >= 15 is 0 Å². The van der Waals surface area contributed by atoms with Crippen LogP contribution < -0.4 is 10.8 Å². The summed E-state index contributed by atoms with van der Waals surface area (Å²) in [5.41, 5.74) is 5.06. The summed E-state index contributed by atoms with van der Waals surface area (Å²) in [4.78, 5) is 34.3. The van der Waals surface area contributed by atoms with Gasteiger partial charge in [-0.15, -0.1) is 0 Å². The van der Waals surface area contributed by atoms with Crippen molar-refractivity contribution in [3.8, 4) is 5.82 Å². The molecule has 3 N–H and O–H groups in total. The van der Waals surface area contributed by atoms with E-state index in [0.29, 0.717) is 26.1 Å². The van der Waals surface area contributed by atoms with E-state index in [9.17, 15) is 9.59 Å². The Balaban J connectivity index is 1.37. The maximum Gasteiger partial charge on any atom is 0.317 e. The molecule has 0 saturated carbocycles. The van der Waals surface area contributed by atoms with E-state index < -0.39 is 0 Å². The van der Waals surface area contributed by atoms with Gasteiger partial charge in [-0.25, -0.2) is 15.3 Å². The zero-order valence-corrected chi connectivity index (χ0v) is 18.0. The van der Waals surface area contributed by atoms with Crippen LogP contribution in [0.2, 0.25) is 0 Å². The van der Waals surface area contributed by atoms with Crippen molar-refractivity contribution in [1.82, 2.24) is 30.2 Å². The van der Waals surface area contributed by atoms with Crippen LogP contribution in [0.1, 0.15) is 43.4 Å². The van der Waals surface area contributed by atoms with Crippen molar-refractivity contribution >= 4 is 22.8 Å². The van der Waals surface area contributed by atoms with Crippen molar-refractivity contribution in [3.05, 3.63) is 54.1 Å². The van der Waals surface area contributed by atoms with Gasteiger partial charge in [0.05, 0.1) is 11.7 Å². The van der Waals surface area contributed by atoms with Crippen LogP contribution in [0.15, 0.2) is 42.9 Å². The minimum atomic E-state index is -0.358. The summed E-state index contributed by atoms with van der Waals surface area (Å²) >= 11 is 0. The first-order chi connectivity index (χ1) is 15.7. The first-order valence-electron chi connectivity index (χ1n) is 11.0. The third kappa shape index (κ3) is 4.72. The summed E-state index contributed by atoms with van der Waals surface area (Å²) in [6, 6.07) is 8.16. The Morgan fingerprint density at radius 3 is 2.75 bits per heavy atom. The monoisotopic (exact) mass is 436 g/mol. The summed E-state index contributed by atoms with van der Waals surface area (Å²) in [6.07, 6.45) is 9.60. The predicted octanol–water partition coefficient (Wildman–Crippen LogP) is 2.94. The highest BCUT2D eigenvalue weighted by Gasteiger charge is 2.27. The highest BCUT2D eigenvalue weighted by molar-refractivity contribution is 5.88. The van der Waals surface area contributed by atoms with Gasteiger partial charge in [0.1, 0.15) is 0 Å². The van der Waals surface area contributed by atoms with Gasteiger partial charge >= 0.3 is 6.03 Å². The van der Waals surface area contributed by atoms with Crippen molar-refractivity contribution in [2.75, 3.05) is 13.1 Å². The number of aromatic nitrogens is 3. The fraction of sp³-hybridized carbons (Fsp3) is 0.391. The molecule has 0 saturated heterocycles. The second-order valence-corrected chi connectivity index (χ2v) is 7.94. The molecule has 3 amide bonds. The van der Waals surface area contributed by atoms with Gasteiger partial charge in [0.15, 0.2) is 5.82 Å². The Hall–Kier alpha value is -3.46. The molecule has 0 radical (unpaired) electrons. The van der Waals surface area contributed by atoms with Gasteiger partial charge in [-0.3, -0.25) is 19.6 Å². The molecule has 9 heteroatoms. The van der Waals surface area contributed by atoms with Gasteiger partial charge in [0.2, 0.25) is 5.91 Å². The van der Waals surface area contributed by atoms with Crippen LogP contribution in [0.5, 0.6) is 0 Å². The number of hydroxylamine groups is 1. The Labute approximate surface area is 186 Å². The highest BCUT2D eigenvalue weighted by Crippen LogP contribution is 2.32. The molecule has 0 fully saturated rings. The lowest BCUT2D eigenvalue weighted by Gasteiger charge is -2.28. The minimum Gasteiger partial charge on any atom is -0.338 e. The minimum absolute atomic E-state index is 0.0494. The molecule has 0 aliphatic carbocycles. The molecule has 168 valence electrons. The van der Waals surface area contributed by atoms with Gasteiger partial charge in [0, 0.05) is 61.5 Å². The molecule has 3 heterocycles. The number of amides is 3. The average molecular weight is 437 g/mol. The number of urea groups is 1. The summed E-state index contributed by atoms with van der Waals surface area (Å²) in [7, 11) is 0. The van der Waals surface area contributed by atoms with Crippen LogP contribution in [-0.4, -0.2) is 49.7 Å². The Bertz CT molecular complexity index is 1080. The molecule has 1 aliphatic heterocycles. The Kier molecular flexibility index (Phi) is 6.96. The fourth-order valence-corrected chi connectivity index (χ4v) is 4.28. The first-order valence-corrected chi connectivity index (χ1v) is 11.0. The fourth-order valence-electron chi connectivity index (χ4n) is 4.28. The average Bonchev–Trinajstić information content (AvgIpc) is 3.17. The number of para-hydroxylation sites is 1. The summed E-state index contributed by atoms with van der Waals surface area (Å²) in [5, 5.41) is 12.6. The van der Waals surface area contributed by atoms with E-state index in [1.807, 2.05) is 17.0 Å². The zero-order chi connectivity index (χ0) is 22.3. The summed E-state index contributed by atoms with van der Waals surface area (Å²) < 4.78 is 2.16. The lowest BCUT2D eigenvalue weighted by molar-refractivity contribution is -0.129. The highest BCUT2D eigenvalue weighted by atomic mass is 16.5. The molecule has 1 aliphatic rings. The van der Waals surface area contributed by atoms with E-state index in [0.717, 1.165) is 54.4 Å². The van der Waals surface area contributed by atoms with Crippen LogP contribution in [0.4, 0.5) is 4.79 Å². The zero-order valence-electron chi connectivity index (χ0n) is 18.0. The third-order valence-electron chi connectivity index (χ3n) is 5.85. The predicted molar refractivity (Wildman–Crippen MR) is 119 cm³/mol. The maximum absolute atomic E-state index is 12.7. The normalized spacial score (nSPS) is 13.1. The van der Waals surface area contributed by atoms with Gasteiger partial charge in [-0.1, -0.05) is 31.0 Å². The number of hydrogen-bond donors (Lipinski definition) is 3. The standard InChI is InChI=1S/C23H28N6O3/c30-22(27-32)9-3-1-2-6-11-26-23(31)28-14-10-20-18(16-28)17-7-4-5-8-19(17)29(20)21-15-24-12-13-25-21/h4-5,7-8,12-13,15,32H,1-3,6,9-11,14,16H2,(H,26,31)(H,27,30). The second kappa shape index (κ2) is 10.2. The molecular formula is C23H28N6O3. The van der Waals surface area contributed by atoms with Crippen LogP contribution in [-0.2, 0) is 17.8 Å². The number of hydrogen-bond acceptors (Lipinski definition) is 5. The topological polar surface area (TPSA) is 112 Å². The van der Waals surface area contributed by atoms with E-state index in [-0.39, 0.29) is 11.9 Å². The van der Waals surface area contributed by atoms with Crippen LogP contribution in [0.25, 0.3) is 16.7 Å². The number of nitrogens with one attached hydrogen (secondary N) is 2. The molecule has 9 nitrogen and oxygen atoms in total. The molecule has 0 unspecified atom stereocenters. The largest absolute Gasteiger partial charge is 0.338 e. The Morgan fingerprint density at radius 1 is 1.09 bits per heavy atom. The molecule has 2 aromatic heterocycles. The first kappa shape index (κ1) is 21.8. The summed E-state index contributed by atoms with van der Waals surface area (Å²) in [5.74, 6) is 0.433. The van der Waals surface area contributed by atoms with Crippen molar-refractivity contribution in [2.45, 2.75) is 45.1 Å². The van der Waals surface area contributed by atoms with Gasteiger partial charge in [-0.05, 0) is 18.9 Å². The summed E-state index contributed by atoms with van der Waals surface area (Å²) in [6.45, 7) is 1.81. The van der Waals surface area contributed by atoms with E-state index in [1.165, 1.54) is 5.69 Å². The molecule has 32 heavy (non-hydrogen) atoms. The van der Waals surface area contributed by atoms with Crippen LogP contribution in [0, 0.1) is 0 Å². The number of unbranched alkanes of at least 4 members (excludes halogenated alkanes) is 3. The van der Waals surface area contributed by atoms with Gasteiger partial charge in [0.25, 0.3) is 0 Å². The molecule has 0 spiro atoms. The quantitative estimate of drug-likeness (QED) is 0.286. The maximum atomic E-state index is 12.7. The Morgan fingerprint density at radius 2 is 1.94 bits per heavy atom. The van der Waals surface area contributed by atoms with Gasteiger partial charge in [-0.2, -0.15) is 0 Å². The van der Waals surface area contributed by atoms with E-state index in [2.05, 4.69) is 32.0 Å². The van der Waals surface area contributed by atoms with Crippen LogP contribution >= 0.6 is 0 Å². The molecular weight excluding hydrogens is 408 g/mol. The molecule has 0 atom stereocenters. The lowest BCUT2D eigenvalue weighted by atomic mass is 10.0. The van der Waals surface area contributed by atoms with E-state index in [4.69, 9.17) is 5.21 Å². The van der Waals surface area contributed by atoms with Gasteiger partial charge < -0.3 is 10.2 Å². The molecule has 1 aromatic carbocycles. The van der Waals surface area contributed by atoms with Crippen LogP contribution in [0.3, 0.4) is 0 Å². The number of fused-ring (bicyclic) bond motifs is 3. The van der Waals surface area contributed by atoms with Crippen molar-refractivity contribution in [1.29, 1.82) is 0 Å². The van der Waals surface area contributed by atoms with Crippen molar-refractivity contribution in [2.24, 2.45) is 0 Å². The molecule has 0 bridgehead atoms. The second-order valence-electron chi connectivity index (χ2n) is 7.94. The number of nitrogens with zero attached hydrogens (tertiary/aromatic N) is 4. The number of carbonyl (C=O) groups excluding carboxylic acids is 2. The third-order valence-corrected chi connectivity index (χ3v) is 5.85. The lowest BCUT2D eigenvalue weighted by Crippen LogP contribution is -2.43. The molecule has 3 aromatic rings.